The van der Waals surface area contributed by atoms with Gasteiger partial charge in [-0.3, -0.25) is 0 Å². The van der Waals surface area contributed by atoms with Crippen molar-refractivity contribution in [3.8, 4) is 0 Å². The maximum absolute atomic E-state index is 3.61. The van der Waals surface area contributed by atoms with Crippen LogP contribution in [-0.4, -0.2) is 30.6 Å². The zero-order valence-corrected chi connectivity index (χ0v) is 12.7. The third-order valence-corrected chi connectivity index (χ3v) is 4.02. The Hall–Kier alpha value is -0.380. The number of hydrogen-bond donors (Lipinski definition) is 1. The second-order valence-electron chi connectivity index (χ2n) is 5.27. The van der Waals surface area contributed by atoms with Gasteiger partial charge in [-0.15, -0.1) is 0 Å². The maximum Gasteiger partial charge on any atom is 0.0208 e. The van der Waals surface area contributed by atoms with E-state index in [0.29, 0.717) is 6.04 Å². The maximum atomic E-state index is 3.61. The number of likely N-dealkylation sites (tertiary alicyclic amines) is 1. The SMILES string of the molecule is CC(CN1CCCCC1)NCc1cccc(Br)c1. The number of benzene rings is 1. The summed E-state index contributed by atoms with van der Waals surface area (Å²) in [5, 5.41) is 3.61. The van der Waals surface area contributed by atoms with Crippen LogP contribution >= 0.6 is 15.9 Å². The van der Waals surface area contributed by atoms with E-state index in [4.69, 9.17) is 0 Å². The van der Waals surface area contributed by atoms with Crippen molar-refractivity contribution in [1.82, 2.24) is 10.2 Å². The molecule has 1 atom stereocenters. The minimum Gasteiger partial charge on any atom is -0.309 e. The van der Waals surface area contributed by atoms with E-state index < -0.39 is 0 Å². The highest BCUT2D eigenvalue weighted by Gasteiger charge is 2.12. The highest BCUT2D eigenvalue weighted by Crippen LogP contribution is 2.12. The molecule has 100 valence electrons. The molecule has 18 heavy (non-hydrogen) atoms. The number of halogens is 1. The average molecular weight is 311 g/mol. The predicted octanol–water partition coefficient (Wildman–Crippen LogP) is 3.41. The number of piperidine rings is 1. The lowest BCUT2D eigenvalue weighted by atomic mass is 10.1. The van der Waals surface area contributed by atoms with Gasteiger partial charge in [-0.05, 0) is 50.6 Å². The summed E-state index contributed by atoms with van der Waals surface area (Å²) in [7, 11) is 0. The van der Waals surface area contributed by atoms with Gasteiger partial charge in [-0.1, -0.05) is 34.5 Å². The Morgan fingerprint density at radius 3 is 2.78 bits per heavy atom. The normalized spacial score (nSPS) is 18.8. The quantitative estimate of drug-likeness (QED) is 0.896. The van der Waals surface area contributed by atoms with E-state index in [0.717, 1.165) is 11.0 Å². The van der Waals surface area contributed by atoms with Crippen molar-refractivity contribution in [3.05, 3.63) is 34.3 Å². The van der Waals surface area contributed by atoms with Crippen LogP contribution in [0, 0.1) is 0 Å². The molecule has 1 saturated heterocycles. The van der Waals surface area contributed by atoms with Crippen molar-refractivity contribution in [2.24, 2.45) is 0 Å². The lowest BCUT2D eigenvalue weighted by molar-refractivity contribution is 0.209. The molecule has 0 spiro atoms. The molecule has 1 aromatic rings. The van der Waals surface area contributed by atoms with Crippen LogP contribution in [0.3, 0.4) is 0 Å². The summed E-state index contributed by atoms with van der Waals surface area (Å²) < 4.78 is 1.16. The van der Waals surface area contributed by atoms with Gasteiger partial charge in [-0.2, -0.15) is 0 Å². The zero-order chi connectivity index (χ0) is 12.8. The fraction of sp³-hybridized carbons (Fsp3) is 0.600. The summed E-state index contributed by atoms with van der Waals surface area (Å²) in [4.78, 5) is 2.59. The van der Waals surface area contributed by atoms with Crippen LogP contribution in [0.15, 0.2) is 28.7 Å². The first-order valence-corrected chi connectivity index (χ1v) is 7.73. The molecule has 1 N–H and O–H groups in total. The number of hydrogen-bond acceptors (Lipinski definition) is 2. The summed E-state index contributed by atoms with van der Waals surface area (Å²) in [5.74, 6) is 0. The minimum atomic E-state index is 0.557. The Morgan fingerprint density at radius 2 is 2.06 bits per heavy atom. The summed E-state index contributed by atoms with van der Waals surface area (Å²) >= 11 is 3.51. The largest absolute Gasteiger partial charge is 0.309 e. The van der Waals surface area contributed by atoms with E-state index in [1.54, 1.807) is 0 Å². The van der Waals surface area contributed by atoms with Crippen LogP contribution in [0.1, 0.15) is 31.7 Å². The topological polar surface area (TPSA) is 15.3 Å². The fourth-order valence-corrected chi connectivity index (χ4v) is 2.98. The first-order valence-electron chi connectivity index (χ1n) is 6.94. The van der Waals surface area contributed by atoms with Crippen LogP contribution < -0.4 is 5.32 Å². The van der Waals surface area contributed by atoms with Crippen LogP contribution in [0.5, 0.6) is 0 Å². The number of rotatable bonds is 5. The number of nitrogens with one attached hydrogen (secondary N) is 1. The van der Waals surface area contributed by atoms with Gasteiger partial charge in [0.2, 0.25) is 0 Å². The third kappa shape index (κ3) is 4.71. The molecule has 1 heterocycles. The molecule has 0 aliphatic carbocycles. The predicted molar refractivity (Wildman–Crippen MR) is 80.7 cm³/mol. The standard InChI is InChI=1S/C15H23BrN2/c1-13(12-18-8-3-2-4-9-18)17-11-14-6-5-7-15(16)10-14/h5-7,10,13,17H,2-4,8-9,11-12H2,1H3. The van der Waals surface area contributed by atoms with Crippen LogP contribution in [0.2, 0.25) is 0 Å². The Morgan fingerprint density at radius 1 is 1.28 bits per heavy atom. The molecular formula is C15H23BrN2. The van der Waals surface area contributed by atoms with Crippen molar-refractivity contribution in [1.29, 1.82) is 0 Å². The van der Waals surface area contributed by atoms with E-state index >= 15 is 0 Å². The molecule has 2 rings (SSSR count). The Labute approximate surface area is 119 Å². The average Bonchev–Trinajstić information content (AvgIpc) is 2.38. The zero-order valence-electron chi connectivity index (χ0n) is 11.2. The second-order valence-corrected chi connectivity index (χ2v) is 6.19. The van der Waals surface area contributed by atoms with Gasteiger partial charge >= 0.3 is 0 Å². The third-order valence-electron chi connectivity index (χ3n) is 3.52. The smallest absolute Gasteiger partial charge is 0.0208 e. The second kappa shape index (κ2) is 7.27. The molecule has 2 nitrogen and oxygen atoms in total. The van der Waals surface area contributed by atoms with Crippen LogP contribution in [0.25, 0.3) is 0 Å². The van der Waals surface area contributed by atoms with E-state index in [9.17, 15) is 0 Å². The van der Waals surface area contributed by atoms with Gasteiger partial charge in [-0.25, -0.2) is 0 Å². The molecular weight excluding hydrogens is 288 g/mol. The minimum absolute atomic E-state index is 0.557. The van der Waals surface area contributed by atoms with Gasteiger partial charge in [0.1, 0.15) is 0 Å². The van der Waals surface area contributed by atoms with Crippen molar-refractivity contribution < 1.29 is 0 Å². The molecule has 1 aliphatic rings. The summed E-state index contributed by atoms with van der Waals surface area (Å²) in [6.07, 6.45) is 4.16. The van der Waals surface area contributed by atoms with Gasteiger partial charge in [0.05, 0.1) is 0 Å². The van der Waals surface area contributed by atoms with Gasteiger partial charge in [0, 0.05) is 23.6 Å². The van der Waals surface area contributed by atoms with E-state index in [2.05, 4.69) is 57.3 Å². The highest BCUT2D eigenvalue weighted by molar-refractivity contribution is 9.10. The van der Waals surface area contributed by atoms with Gasteiger partial charge in [0.15, 0.2) is 0 Å². The molecule has 0 saturated carbocycles. The Kier molecular flexibility index (Phi) is 5.67. The number of nitrogens with zero attached hydrogens (tertiary/aromatic N) is 1. The van der Waals surface area contributed by atoms with Crippen LogP contribution in [0.4, 0.5) is 0 Å². The van der Waals surface area contributed by atoms with Crippen LogP contribution in [-0.2, 0) is 6.54 Å². The first-order chi connectivity index (χ1) is 8.74. The lowest BCUT2D eigenvalue weighted by Gasteiger charge is -2.29. The van der Waals surface area contributed by atoms with E-state index in [1.807, 2.05) is 0 Å². The Balaban J connectivity index is 1.72. The molecule has 1 fully saturated rings. The molecule has 0 bridgehead atoms. The fourth-order valence-electron chi connectivity index (χ4n) is 2.53. The summed E-state index contributed by atoms with van der Waals surface area (Å²) in [6, 6.07) is 9.07. The molecule has 1 aromatic carbocycles. The molecule has 3 heteroatoms. The molecule has 1 aliphatic heterocycles. The monoisotopic (exact) mass is 310 g/mol. The summed E-state index contributed by atoms with van der Waals surface area (Å²) in [6.45, 7) is 6.97. The van der Waals surface area contributed by atoms with Gasteiger partial charge < -0.3 is 10.2 Å². The first kappa shape index (κ1) is 14.0. The van der Waals surface area contributed by atoms with Crippen molar-refractivity contribution in [2.75, 3.05) is 19.6 Å². The molecule has 0 aromatic heterocycles. The van der Waals surface area contributed by atoms with Crippen molar-refractivity contribution >= 4 is 15.9 Å². The van der Waals surface area contributed by atoms with Gasteiger partial charge in [0.25, 0.3) is 0 Å². The Bertz CT molecular complexity index is 361. The van der Waals surface area contributed by atoms with E-state index in [1.165, 1.54) is 44.5 Å². The van der Waals surface area contributed by atoms with E-state index in [-0.39, 0.29) is 0 Å². The van der Waals surface area contributed by atoms with Crippen molar-refractivity contribution in [3.63, 3.8) is 0 Å². The highest BCUT2D eigenvalue weighted by atomic mass is 79.9. The lowest BCUT2D eigenvalue weighted by Crippen LogP contribution is -2.41. The summed E-state index contributed by atoms with van der Waals surface area (Å²) in [5.41, 5.74) is 1.34. The molecule has 0 amide bonds. The molecule has 1 unspecified atom stereocenters. The van der Waals surface area contributed by atoms with Crippen molar-refractivity contribution in [2.45, 2.75) is 38.8 Å². The molecule has 0 radical (unpaired) electrons.